The van der Waals surface area contributed by atoms with Crippen LogP contribution in [0, 0.1) is 0 Å². The van der Waals surface area contributed by atoms with Gasteiger partial charge in [-0.25, -0.2) is 0 Å². The fourth-order valence-electron chi connectivity index (χ4n) is 1.42. The van der Waals surface area contributed by atoms with Gasteiger partial charge in [-0.15, -0.1) is 0 Å². The van der Waals surface area contributed by atoms with Gasteiger partial charge in [-0.05, 0) is 18.1 Å². The van der Waals surface area contributed by atoms with E-state index in [4.69, 9.17) is 21.4 Å². The summed E-state index contributed by atoms with van der Waals surface area (Å²) in [6, 6.07) is 7.45. The van der Waals surface area contributed by atoms with Crippen molar-refractivity contribution >= 4 is 11.6 Å². The summed E-state index contributed by atoms with van der Waals surface area (Å²) in [5.41, 5.74) is 0.914. The summed E-state index contributed by atoms with van der Waals surface area (Å²) in [5, 5.41) is 9.23. The molecule has 0 aliphatic heterocycles. The van der Waals surface area contributed by atoms with Crippen molar-refractivity contribution in [3.63, 3.8) is 0 Å². The molecule has 5 heteroatoms. The second-order valence-corrected chi connectivity index (χ2v) is 3.75. The fourth-order valence-corrected chi connectivity index (χ4v) is 1.56. The molecule has 0 aliphatic rings. The monoisotopic (exact) mass is 250 g/mol. The number of aliphatic hydroxyl groups excluding tert-OH is 1. The van der Waals surface area contributed by atoms with E-state index in [1.54, 1.807) is 0 Å². The lowest BCUT2D eigenvalue weighted by atomic mass is 10.1. The van der Waals surface area contributed by atoms with E-state index in [0.29, 0.717) is 18.1 Å². The first-order valence-corrected chi connectivity index (χ1v) is 5.51. The third-order valence-corrected chi connectivity index (χ3v) is 2.33. The van der Waals surface area contributed by atoms with Gasteiger partial charge in [0, 0.05) is 6.61 Å². The normalized spacial score (nSPS) is 10.2. The lowest BCUT2D eigenvalue weighted by Crippen LogP contribution is -1.96. The Morgan fingerprint density at radius 2 is 2.06 bits per heavy atom. The largest absolute Gasteiger partial charge is 0.437 e. The Balaban J connectivity index is 2.23. The van der Waals surface area contributed by atoms with Crippen molar-refractivity contribution in [1.29, 1.82) is 0 Å². The highest BCUT2D eigenvalue weighted by atomic mass is 35.5. The average molecular weight is 251 g/mol. The van der Waals surface area contributed by atoms with Crippen molar-refractivity contribution in [2.45, 2.75) is 6.42 Å². The molecule has 0 aliphatic carbocycles. The van der Waals surface area contributed by atoms with E-state index >= 15 is 0 Å². The van der Waals surface area contributed by atoms with Crippen LogP contribution < -0.4 is 4.74 Å². The van der Waals surface area contributed by atoms with Gasteiger partial charge in [0.25, 0.3) is 0 Å². The summed E-state index contributed by atoms with van der Waals surface area (Å²) in [7, 11) is 0. The maximum atomic E-state index is 8.95. The molecule has 1 aromatic carbocycles. The van der Waals surface area contributed by atoms with Crippen LogP contribution in [0.3, 0.4) is 0 Å². The minimum absolute atomic E-state index is 0.0710. The first-order chi connectivity index (χ1) is 8.29. The molecular weight excluding hydrogens is 240 g/mol. The Labute approximate surface area is 104 Å². The zero-order valence-corrected chi connectivity index (χ0v) is 9.76. The quantitative estimate of drug-likeness (QED) is 0.906. The van der Waals surface area contributed by atoms with E-state index in [2.05, 4.69) is 9.97 Å². The molecule has 88 valence electrons. The second kappa shape index (κ2) is 5.61. The standard InChI is InChI=1S/C12H11ClN2O2/c13-11-7-14-8-12(15-11)17-10-4-2-1-3-9(10)5-6-16/h1-4,7-8,16H,5-6H2. The summed E-state index contributed by atoms with van der Waals surface area (Å²) in [4.78, 5) is 7.88. The zero-order chi connectivity index (χ0) is 12.1. The van der Waals surface area contributed by atoms with Crippen LogP contribution >= 0.6 is 11.6 Å². The van der Waals surface area contributed by atoms with E-state index < -0.39 is 0 Å². The first-order valence-electron chi connectivity index (χ1n) is 5.14. The molecule has 1 heterocycles. The molecule has 0 saturated carbocycles. The molecule has 0 unspecified atom stereocenters. The van der Waals surface area contributed by atoms with Gasteiger partial charge in [-0.1, -0.05) is 29.8 Å². The number of halogens is 1. The lowest BCUT2D eigenvalue weighted by molar-refractivity contribution is 0.297. The summed E-state index contributed by atoms with van der Waals surface area (Å²) in [5.74, 6) is 0.987. The third-order valence-electron chi connectivity index (χ3n) is 2.15. The second-order valence-electron chi connectivity index (χ2n) is 3.36. The topological polar surface area (TPSA) is 55.2 Å². The van der Waals surface area contributed by atoms with Crippen LogP contribution in [0.4, 0.5) is 0 Å². The van der Waals surface area contributed by atoms with E-state index in [1.165, 1.54) is 12.4 Å². The van der Waals surface area contributed by atoms with Crippen LogP contribution in [0.2, 0.25) is 5.15 Å². The van der Waals surface area contributed by atoms with E-state index in [0.717, 1.165) is 5.56 Å². The highest BCUT2D eigenvalue weighted by Gasteiger charge is 2.05. The molecule has 0 spiro atoms. The summed E-state index contributed by atoms with van der Waals surface area (Å²) >= 11 is 5.72. The van der Waals surface area contributed by atoms with E-state index in [9.17, 15) is 0 Å². The molecule has 1 N–H and O–H groups in total. The van der Waals surface area contributed by atoms with Gasteiger partial charge in [0.1, 0.15) is 5.75 Å². The Morgan fingerprint density at radius 1 is 1.24 bits per heavy atom. The van der Waals surface area contributed by atoms with Crippen LogP contribution in [-0.2, 0) is 6.42 Å². The summed E-state index contributed by atoms with van der Waals surface area (Å²) in [6.07, 6.45) is 3.46. The molecule has 0 saturated heterocycles. The SMILES string of the molecule is OCCc1ccccc1Oc1cncc(Cl)n1. The van der Waals surface area contributed by atoms with Gasteiger partial charge in [-0.3, -0.25) is 4.98 Å². The lowest BCUT2D eigenvalue weighted by Gasteiger charge is -2.09. The summed E-state index contributed by atoms with van der Waals surface area (Å²) < 4.78 is 5.57. The highest BCUT2D eigenvalue weighted by Crippen LogP contribution is 2.24. The van der Waals surface area contributed by atoms with Crippen LogP contribution in [0.1, 0.15) is 5.56 Å². The number of benzene rings is 1. The highest BCUT2D eigenvalue weighted by molar-refractivity contribution is 6.29. The van der Waals surface area contributed by atoms with Crippen LogP contribution in [-0.4, -0.2) is 21.7 Å². The zero-order valence-electron chi connectivity index (χ0n) is 9.01. The van der Waals surface area contributed by atoms with Crippen molar-refractivity contribution in [3.05, 3.63) is 47.4 Å². The fraction of sp³-hybridized carbons (Fsp3) is 0.167. The first kappa shape index (κ1) is 11.8. The van der Waals surface area contributed by atoms with E-state index in [1.807, 2.05) is 24.3 Å². The molecule has 2 rings (SSSR count). The minimum Gasteiger partial charge on any atom is -0.437 e. The molecule has 4 nitrogen and oxygen atoms in total. The number of nitrogens with zero attached hydrogens (tertiary/aromatic N) is 2. The maximum Gasteiger partial charge on any atom is 0.239 e. The van der Waals surface area contributed by atoms with Gasteiger partial charge in [0.05, 0.1) is 12.4 Å². The minimum atomic E-state index is 0.0710. The molecule has 0 fully saturated rings. The number of para-hydroxylation sites is 1. The summed E-state index contributed by atoms with van der Waals surface area (Å²) in [6.45, 7) is 0.0710. The van der Waals surface area contributed by atoms with Gasteiger partial charge < -0.3 is 9.84 Å². The van der Waals surface area contributed by atoms with Crippen LogP contribution in [0.5, 0.6) is 11.6 Å². The molecule has 2 aromatic rings. The molecular formula is C12H11ClN2O2. The molecule has 17 heavy (non-hydrogen) atoms. The third kappa shape index (κ3) is 3.15. The van der Waals surface area contributed by atoms with Gasteiger partial charge >= 0.3 is 0 Å². The smallest absolute Gasteiger partial charge is 0.239 e. The number of aromatic nitrogens is 2. The van der Waals surface area contributed by atoms with Crippen molar-refractivity contribution in [3.8, 4) is 11.6 Å². The van der Waals surface area contributed by atoms with Crippen molar-refractivity contribution in [2.75, 3.05) is 6.61 Å². The van der Waals surface area contributed by atoms with E-state index in [-0.39, 0.29) is 11.8 Å². The van der Waals surface area contributed by atoms with Crippen molar-refractivity contribution in [2.24, 2.45) is 0 Å². The number of aliphatic hydroxyl groups is 1. The number of rotatable bonds is 4. The molecule has 0 radical (unpaired) electrons. The van der Waals surface area contributed by atoms with Crippen molar-refractivity contribution in [1.82, 2.24) is 9.97 Å². The predicted molar refractivity (Wildman–Crippen MR) is 64.3 cm³/mol. The number of hydrogen-bond donors (Lipinski definition) is 1. The Hall–Kier alpha value is -1.65. The molecule has 0 atom stereocenters. The van der Waals surface area contributed by atoms with Crippen molar-refractivity contribution < 1.29 is 9.84 Å². The van der Waals surface area contributed by atoms with Crippen LogP contribution in [0.15, 0.2) is 36.7 Å². The molecule has 1 aromatic heterocycles. The average Bonchev–Trinajstić information content (AvgIpc) is 2.32. The van der Waals surface area contributed by atoms with Gasteiger partial charge in [0.15, 0.2) is 5.15 Å². The number of hydrogen-bond acceptors (Lipinski definition) is 4. The predicted octanol–water partition coefficient (Wildman–Crippen LogP) is 2.46. The Kier molecular flexibility index (Phi) is 3.90. The number of ether oxygens (including phenoxy) is 1. The molecule has 0 amide bonds. The van der Waals surface area contributed by atoms with Crippen LogP contribution in [0.25, 0.3) is 0 Å². The van der Waals surface area contributed by atoms with Gasteiger partial charge in [-0.2, -0.15) is 4.98 Å². The Bertz CT molecular complexity index is 505. The Morgan fingerprint density at radius 3 is 2.82 bits per heavy atom. The molecule has 0 bridgehead atoms. The van der Waals surface area contributed by atoms with Gasteiger partial charge in [0.2, 0.25) is 5.88 Å². The maximum absolute atomic E-state index is 8.95.